The molecule has 6 rings (SSSR count). The van der Waals surface area contributed by atoms with Crippen molar-refractivity contribution in [2.24, 2.45) is 0 Å². The lowest BCUT2D eigenvalue weighted by molar-refractivity contribution is -0.183. The van der Waals surface area contributed by atoms with Gasteiger partial charge in [-0.2, -0.15) is 0 Å². The lowest BCUT2D eigenvalue weighted by Crippen LogP contribution is -2.74. The third kappa shape index (κ3) is 5.66. The van der Waals surface area contributed by atoms with E-state index in [4.69, 9.17) is 28.8 Å². The standard InChI is InChI=1S/C34H35NO14/c1-35-13-12-33-26-18-8-9-20(45-2)28(26)48-29(33)21(10-11-34(33,44)23(35)14-18)46-25(39)15-19(36)31(42)49-27(17-6-4-3-5-7-17)32(43)47-22(30(40)41)16-24(37)38/h3-10,19,22-23,27,29,36,44H,11-16H2,1-2H3,(H,37,38)(H,40,41)/t19-,22-,23-,27-,29-,33-,34+/m0/s1. The summed E-state index contributed by atoms with van der Waals surface area (Å²) in [5.41, 5.74) is -0.359. The van der Waals surface area contributed by atoms with Gasteiger partial charge in [-0.25, -0.2) is 14.4 Å². The van der Waals surface area contributed by atoms with Crippen LogP contribution in [0.25, 0.3) is 0 Å². The number of likely N-dealkylation sites (N-methyl/N-ethyl adjacent to an activating group) is 1. The van der Waals surface area contributed by atoms with Crippen molar-refractivity contribution in [1.82, 2.24) is 4.90 Å². The molecule has 1 fully saturated rings. The first kappa shape index (κ1) is 33.9. The van der Waals surface area contributed by atoms with E-state index >= 15 is 0 Å². The summed E-state index contributed by atoms with van der Waals surface area (Å²) in [7, 11) is 3.46. The third-order valence-corrected chi connectivity index (χ3v) is 9.87. The van der Waals surface area contributed by atoms with Crippen molar-refractivity contribution in [3.63, 3.8) is 0 Å². The summed E-state index contributed by atoms with van der Waals surface area (Å²) in [6, 6.07) is 10.8. The fourth-order valence-electron chi connectivity index (χ4n) is 7.62. The monoisotopic (exact) mass is 681 g/mol. The topological polar surface area (TPSA) is 216 Å². The van der Waals surface area contributed by atoms with Crippen LogP contribution in [-0.2, 0) is 50.0 Å². The van der Waals surface area contributed by atoms with Crippen LogP contribution in [-0.4, -0.2) is 106 Å². The smallest absolute Gasteiger partial charge is 0.353 e. The van der Waals surface area contributed by atoms with Gasteiger partial charge in [0.15, 0.2) is 23.7 Å². The minimum atomic E-state index is -2.13. The molecule has 15 heteroatoms. The van der Waals surface area contributed by atoms with Crippen molar-refractivity contribution in [3.8, 4) is 11.5 Å². The van der Waals surface area contributed by atoms with Crippen molar-refractivity contribution in [2.75, 3.05) is 20.7 Å². The molecule has 260 valence electrons. The Labute approximate surface area is 279 Å². The van der Waals surface area contributed by atoms with Crippen LogP contribution < -0.4 is 9.47 Å². The molecule has 0 radical (unpaired) electrons. The number of hydrogen-bond acceptors (Lipinski definition) is 13. The molecule has 0 saturated carbocycles. The Morgan fingerprint density at radius 1 is 1.02 bits per heavy atom. The van der Waals surface area contributed by atoms with Crippen LogP contribution in [0.5, 0.6) is 11.5 Å². The van der Waals surface area contributed by atoms with Crippen LogP contribution in [0.2, 0.25) is 0 Å². The molecule has 2 heterocycles. The van der Waals surface area contributed by atoms with Gasteiger partial charge in [0.05, 0.1) is 31.0 Å². The first-order chi connectivity index (χ1) is 23.3. The molecule has 2 bridgehead atoms. The maximum absolute atomic E-state index is 13.2. The van der Waals surface area contributed by atoms with Crippen LogP contribution in [0.1, 0.15) is 48.5 Å². The molecule has 15 nitrogen and oxygen atoms in total. The molecule has 0 aromatic heterocycles. The number of piperidine rings is 1. The normalized spacial score (nSPS) is 26.5. The maximum atomic E-state index is 13.2. The number of methoxy groups -OCH3 is 1. The summed E-state index contributed by atoms with van der Waals surface area (Å²) in [5.74, 6) is -6.11. The fraction of sp³-hybridized carbons (Fsp3) is 0.441. The Balaban J connectivity index is 1.18. The molecule has 2 aliphatic carbocycles. The molecule has 4 N–H and O–H groups in total. The van der Waals surface area contributed by atoms with E-state index in [2.05, 4.69) is 4.90 Å². The van der Waals surface area contributed by atoms with Gasteiger partial charge in [-0.3, -0.25) is 9.59 Å². The Kier molecular flexibility index (Phi) is 8.85. The van der Waals surface area contributed by atoms with Gasteiger partial charge in [-0.15, -0.1) is 0 Å². The van der Waals surface area contributed by atoms with Crippen LogP contribution >= 0.6 is 0 Å². The summed E-state index contributed by atoms with van der Waals surface area (Å²) in [5, 5.41) is 41.3. The van der Waals surface area contributed by atoms with E-state index in [1.807, 2.05) is 13.1 Å². The van der Waals surface area contributed by atoms with Gasteiger partial charge in [0, 0.05) is 23.6 Å². The third-order valence-electron chi connectivity index (χ3n) is 9.87. The number of carbonyl (C=O) groups excluding carboxylic acids is 3. The zero-order chi connectivity index (χ0) is 35.2. The highest BCUT2D eigenvalue weighted by molar-refractivity contribution is 5.87. The number of carboxylic acid groups (broad SMARTS) is 2. The number of nitrogens with zero attached hydrogens (tertiary/aromatic N) is 1. The summed E-state index contributed by atoms with van der Waals surface area (Å²) < 4.78 is 27.7. The molecule has 1 saturated heterocycles. The van der Waals surface area contributed by atoms with Gasteiger partial charge in [0.2, 0.25) is 12.2 Å². The van der Waals surface area contributed by atoms with Gasteiger partial charge in [-0.1, -0.05) is 36.4 Å². The summed E-state index contributed by atoms with van der Waals surface area (Å²) in [6.45, 7) is 0.642. The molecule has 4 aliphatic rings. The van der Waals surface area contributed by atoms with Gasteiger partial charge in [0.25, 0.3) is 0 Å². The van der Waals surface area contributed by atoms with Crippen LogP contribution in [0, 0.1) is 0 Å². The minimum absolute atomic E-state index is 0.0332. The molecular formula is C34H35NO14. The second-order valence-electron chi connectivity index (χ2n) is 12.6. The highest BCUT2D eigenvalue weighted by Crippen LogP contribution is 2.65. The Morgan fingerprint density at radius 3 is 2.43 bits per heavy atom. The van der Waals surface area contributed by atoms with Crippen molar-refractivity contribution < 1.29 is 68.1 Å². The van der Waals surface area contributed by atoms with Crippen LogP contribution in [0.4, 0.5) is 0 Å². The van der Waals surface area contributed by atoms with Gasteiger partial charge < -0.3 is 49.0 Å². The number of aliphatic hydroxyl groups is 2. The number of carbonyl (C=O) groups is 5. The average Bonchev–Trinajstić information content (AvgIpc) is 3.42. The van der Waals surface area contributed by atoms with E-state index in [1.165, 1.54) is 31.4 Å². The summed E-state index contributed by atoms with van der Waals surface area (Å²) in [6.07, 6.45) is -6.18. The second kappa shape index (κ2) is 12.8. The largest absolute Gasteiger partial charge is 0.493 e. The van der Waals surface area contributed by atoms with Crippen molar-refractivity contribution in [1.29, 1.82) is 0 Å². The van der Waals surface area contributed by atoms with Crippen molar-refractivity contribution in [3.05, 3.63) is 71.0 Å². The van der Waals surface area contributed by atoms with E-state index in [0.29, 0.717) is 30.9 Å². The number of aliphatic hydroxyl groups excluding tert-OH is 1. The molecule has 2 aromatic rings. The van der Waals surface area contributed by atoms with Gasteiger partial charge in [0.1, 0.15) is 5.76 Å². The number of hydrogen-bond donors (Lipinski definition) is 4. The summed E-state index contributed by atoms with van der Waals surface area (Å²) in [4.78, 5) is 63.7. The Morgan fingerprint density at radius 2 is 1.76 bits per heavy atom. The molecule has 0 amide bonds. The molecular weight excluding hydrogens is 646 g/mol. The van der Waals surface area contributed by atoms with E-state index in [9.17, 15) is 39.3 Å². The van der Waals surface area contributed by atoms with Gasteiger partial charge >= 0.3 is 29.8 Å². The number of aliphatic carboxylic acids is 2. The Bertz CT molecular complexity index is 1720. The highest BCUT2D eigenvalue weighted by Gasteiger charge is 2.72. The predicted molar refractivity (Wildman–Crippen MR) is 163 cm³/mol. The molecule has 49 heavy (non-hydrogen) atoms. The van der Waals surface area contributed by atoms with E-state index in [1.54, 1.807) is 18.2 Å². The number of ether oxygens (including phenoxy) is 5. The average molecular weight is 682 g/mol. The highest BCUT2D eigenvalue weighted by atomic mass is 16.6. The van der Waals surface area contributed by atoms with Gasteiger partial charge in [-0.05, 0) is 44.1 Å². The molecule has 2 aliphatic heterocycles. The lowest BCUT2D eigenvalue weighted by atomic mass is 9.50. The molecule has 7 atom stereocenters. The zero-order valence-electron chi connectivity index (χ0n) is 26.6. The van der Waals surface area contributed by atoms with Crippen LogP contribution in [0.3, 0.4) is 0 Å². The van der Waals surface area contributed by atoms with E-state index < -0.39 is 78.1 Å². The number of benzene rings is 2. The first-order valence-electron chi connectivity index (χ1n) is 15.6. The number of likely N-dealkylation sites (tertiary alicyclic amines) is 1. The number of carboxylic acids is 2. The molecule has 0 unspecified atom stereocenters. The molecule has 1 spiro atoms. The van der Waals surface area contributed by atoms with Crippen molar-refractivity contribution >= 4 is 29.8 Å². The van der Waals surface area contributed by atoms with Crippen molar-refractivity contribution in [2.45, 2.75) is 73.6 Å². The quantitative estimate of drug-likeness (QED) is 0.182. The van der Waals surface area contributed by atoms with E-state index in [-0.39, 0.29) is 23.8 Å². The lowest BCUT2D eigenvalue weighted by Gasteiger charge is -2.61. The first-order valence-corrected chi connectivity index (χ1v) is 15.6. The molecule has 2 aromatic carbocycles. The zero-order valence-corrected chi connectivity index (χ0v) is 26.6. The van der Waals surface area contributed by atoms with E-state index in [0.717, 1.165) is 11.1 Å². The number of rotatable bonds is 12. The predicted octanol–water partition coefficient (Wildman–Crippen LogP) is 1.02. The maximum Gasteiger partial charge on any atom is 0.353 e. The SMILES string of the molecule is COc1ccc2c3c1O[C@H]1C(OC(=O)C[C@H](O)C(=O)O[C@H](C(=O)O[C@@H](CC(=O)O)C(=O)O)c4ccccc4)=CC[C@@]4(O)[C@H](C2)N(C)CC[C@]314. The second-order valence-corrected chi connectivity index (χ2v) is 12.6. The minimum Gasteiger partial charge on any atom is -0.493 e. The number of esters is 3. The Hall–Kier alpha value is -4.99. The summed E-state index contributed by atoms with van der Waals surface area (Å²) >= 11 is 0. The fourth-order valence-corrected chi connectivity index (χ4v) is 7.62. The van der Waals surface area contributed by atoms with Crippen LogP contribution in [0.15, 0.2) is 54.3 Å².